The second-order valence-electron chi connectivity index (χ2n) is 4.53. The average molecular weight is 271 g/mol. The molecule has 1 aliphatic heterocycles. The number of hydrogen-bond acceptors (Lipinski definition) is 5. The molecule has 0 radical (unpaired) electrons. The Labute approximate surface area is 107 Å². The molecule has 6 nitrogen and oxygen atoms in total. The van der Waals surface area contributed by atoms with E-state index in [0.29, 0.717) is 25.4 Å². The van der Waals surface area contributed by atoms with Crippen molar-refractivity contribution in [3.05, 3.63) is 18.6 Å². The van der Waals surface area contributed by atoms with Gasteiger partial charge in [-0.1, -0.05) is 0 Å². The van der Waals surface area contributed by atoms with E-state index < -0.39 is 15.3 Å². The molecule has 1 aromatic rings. The molecule has 2 rings (SSSR count). The lowest BCUT2D eigenvalue weighted by molar-refractivity contribution is 0.206. The number of aromatic nitrogens is 2. The molecule has 2 heterocycles. The molecule has 0 N–H and O–H groups in total. The lowest BCUT2D eigenvalue weighted by Crippen LogP contribution is -2.35. The van der Waals surface area contributed by atoms with Crippen LogP contribution in [-0.4, -0.2) is 47.1 Å². The third-order valence-electron chi connectivity index (χ3n) is 2.91. The molecule has 18 heavy (non-hydrogen) atoms. The molecule has 0 amide bonds. The highest BCUT2D eigenvalue weighted by Gasteiger charge is 2.34. The van der Waals surface area contributed by atoms with E-state index in [9.17, 15) is 8.42 Å². The Balaban J connectivity index is 1.97. The number of nitrogens with zero attached hydrogens (tertiary/aromatic N) is 3. The first-order valence-corrected chi connectivity index (χ1v) is 7.42. The highest BCUT2D eigenvalue weighted by atomic mass is 32.2. The second-order valence-corrected chi connectivity index (χ2v) is 7.02. The van der Waals surface area contributed by atoms with Gasteiger partial charge in [-0.3, -0.25) is 0 Å². The summed E-state index contributed by atoms with van der Waals surface area (Å²) in [5.74, 6) is 0.485. The van der Waals surface area contributed by atoms with Crippen LogP contribution >= 0.6 is 0 Å². The quantitative estimate of drug-likeness (QED) is 0.804. The maximum Gasteiger partial charge on any atom is 0.216 e. The summed E-state index contributed by atoms with van der Waals surface area (Å²) in [5.41, 5.74) is 0. The van der Waals surface area contributed by atoms with Crippen molar-refractivity contribution in [3.63, 3.8) is 0 Å². The molecular formula is C11H17N3O3S. The van der Waals surface area contributed by atoms with Crippen LogP contribution in [0, 0.1) is 0 Å². The maximum atomic E-state index is 12.0. The van der Waals surface area contributed by atoms with Gasteiger partial charge in [0.15, 0.2) is 0 Å². The van der Waals surface area contributed by atoms with E-state index in [1.807, 2.05) is 0 Å². The summed E-state index contributed by atoms with van der Waals surface area (Å²) < 4.78 is 31.1. The molecule has 0 spiro atoms. The van der Waals surface area contributed by atoms with Crippen molar-refractivity contribution in [2.75, 3.05) is 13.1 Å². The molecule has 1 aliphatic rings. The molecule has 1 saturated heterocycles. The van der Waals surface area contributed by atoms with Gasteiger partial charge in [0.1, 0.15) is 12.4 Å². The minimum absolute atomic E-state index is 0.131. The molecular weight excluding hydrogens is 254 g/mol. The Kier molecular flexibility index (Phi) is 3.82. The van der Waals surface area contributed by atoms with Gasteiger partial charge in [-0.05, 0) is 20.3 Å². The van der Waals surface area contributed by atoms with Crippen LogP contribution in [-0.2, 0) is 10.0 Å². The van der Waals surface area contributed by atoms with Crippen LogP contribution in [0.2, 0.25) is 0 Å². The molecule has 0 aliphatic carbocycles. The molecule has 0 bridgehead atoms. The first kappa shape index (κ1) is 13.2. The van der Waals surface area contributed by atoms with E-state index in [2.05, 4.69) is 9.97 Å². The number of rotatable bonds is 4. The fourth-order valence-corrected chi connectivity index (χ4v) is 3.17. The smallest absolute Gasteiger partial charge is 0.216 e. The van der Waals surface area contributed by atoms with Crippen molar-refractivity contribution in [3.8, 4) is 5.88 Å². The van der Waals surface area contributed by atoms with E-state index in [4.69, 9.17) is 4.74 Å². The predicted molar refractivity (Wildman–Crippen MR) is 66.7 cm³/mol. The summed E-state index contributed by atoms with van der Waals surface area (Å²) in [7, 11) is -3.18. The predicted octanol–water partition coefficient (Wildman–Crippen LogP) is 0.668. The van der Waals surface area contributed by atoms with Crippen molar-refractivity contribution in [1.82, 2.24) is 14.3 Å². The SMILES string of the molecule is CC(C)S(=O)(=O)N1CC[C@H](Oc2ccncn2)C1. The van der Waals surface area contributed by atoms with E-state index in [1.165, 1.54) is 10.6 Å². The number of sulfonamides is 1. The summed E-state index contributed by atoms with van der Waals surface area (Å²) in [4.78, 5) is 7.76. The number of hydrogen-bond donors (Lipinski definition) is 0. The monoisotopic (exact) mass is 271 g/mol. The van der Waals surface area contributed by atoms with Gasteiger partial charge in [0.05, 0.1) is 11.8 Å². The third kappa shape index (κ3) is 2.78. The fourth-order valence-electron chi connectivity index (χ4n) is 1.84. The van der Waals surface area contributed by atoms with Gasteiger partial charge in [0.2, 0.25) is 15.9 Å². The lowest BCUT2D eigenvalue weighted by atomic mass is 10.3. The minimum atomic E-state index is -3.18. The molecule has 0 aromatic carbocycles. The summed E-state index contributed by atoms with van der Waals surface area (Å²) in [5, 5.41) is -0.393. The Hall–Kier alpha value is -1.21. The highest BCUT2D eigenvalue weighted by Crippen LogP contribution is 2.20. The largest absolute Gasteiger partial charge is 0.473 e. The van der Waals surface area contributed by atoms with Crippen molar-refractivity contribution >= 4 is 10.0 Å². The zero-order chi connectivity index (χ0) is 13.2. The minimum Gasteiger partial charge on any atom is -0.473 e. The van der Waals surface area contributed by atoms with Crippen molar-refractivity contribution in [1.29, 1.82) is 0 Å². The molecule has 1 atom stereocenters. The zero-order valence-corrected chi connectivity index (χ0v) is 11.3. The standard InChI is InChI=1S/C11H17N3O3S/c1-9(2)18(15,16)14-6-4-10(7-14)17-11-3-5-12-8-13-11/h3,5,8-10H,4,6-7H2,1-2H3/t10-/m0/s1. The van der Waals surface area contributed by atoms with Gasteiger partial charge in [0, 0.05) is 18.8 Å². The van der Waals surface area contributed by atoms with Crippen molar-refractivity contribution < 1.29 is 13.2 Å². The van der Waals surface area contributed by atoms with Crippen LogP contribution in [0.25, 0.3) is 0 Å². The number of ether oxygens (including phenoxy) is 1. The maximum absolute atomic E-state index is 12.0. The van der Waals surface area contributed by atoms with Crippen LogP contribution in [0.5, 0.6) is 5.88 Å². The third-order valence-corrected chi connectivity index (χ3v) is 5.15. The Bertz CT molecular complexity index is 490. The Morgan fingerprint density at radius 3 is 2.89 bits per heavy atom. The van der Waals surface area contributed by atoms with Gasteiger partial charge in [-0.2, -0.15) is 4.31 Å². The molecule has 1 aromatic heterocycles. The van der Waals surface area contributed by atoms with Crippen LogP contribution in [0.3, 0.4) is 0 Å². The van der Waals surface area contributed by atoms with Crippen LogP contribution in [0.4, 0.5) is 0 Å². The van der Waals surface area contributed by atoms with E-state index >= 15 is 0 Å². The van der Waals surface area contributed by atoms with Crippen LogP contribution in [0.1, 0.15) is 20.3 Å². The summed E-state index contributed by atoms with van der Waals surface area (Å²) in [6, 6.07) is 1.67. The molecule has 0 saturated carbocycles. The van der Waals surface area contributed by atoms with Gasteiger partial charge in [-0.15, -0.1) is 0 Å². The Morgan fingerprint density at radius 2 is 2.28 bits per heavy atom. The van der Waals surface area contributed by atoms with Gasteiger partial charge in [0.25, 0.3) is 0 Å². The molecule has 100 valence electrons. The zero-order valence-electron chi connectivity index (χ0n) is 10.5. The first-order chi connectivity index (χ1) is 8.50. The van der Waals surface area contributed by atoms with E-state index in [-0.39, 0.29) is 6.10 Å². The first-order valence-electron chi connectivity index (χ1n) is 5.92. The Morgan fingerprint density at radius 1 is 1.50 bits per heavy atom. The second kappa shape index (κ2) is 5.19. The van der Waals surface area contributed by atoms with Crippen molar-refractivity contribution in [2.45, 2.75) is 31.6 Å². The average Bonchev–Trinajstić information content (AvgIpc) is 2.79. The van der Waals surface area contributed by atoms with E-state index in [1.54, 1.807) is 26.1 Å². The summed E-state index contributed by atoms with van der Waals surface area (Å²) >= 11 is 0. The van der Waals surface area contributed by atoms with E-state index in [0.717, 1.165) is 0 Å². The summed E-state index contributed by atoms with van der Waals surface area (Å²) in [6.45, 7) is 4.28. The lowest BCUT2D eigenvalue weighted by Gasteiger charge is -2.19. The van der Waals surface area contributed by atoms with Crippen molar-refractivity contribution in [2.24, 2.45) is 0 Å². The molecule has 1 fully saturated rings. The van der Waals surface area contributed by atoms with Gasteiger partial charge in [-0.25, -0.2) is 18.4 Å². The van der Waals surface area contributed by atoms with Gasteiger partial charge < -0.3 is 4.74 Å². The van der Waals surface area contributed by atoms with Gasteiger partial charge >= 0.3 is 0 Å². The van der Waals surface area contributed by atoms with Crippen LogP contribution in [0.15, 0.2) is 18.6 Å². The van der Waals surface area contributed by atoms with Crippen LogP contribution < -0.4 is 4.74 Å². The summed E-state index contributed by atoms with van der Waals surface area (Å²) in [6.07, 6.45) is 3.57. The highest BCUT2D eigenvalue weighted by molar-refractivity contribution is 7.89. The topological polar surface area (TPSA) is 72.4 Å². The normalized spacial score (nSPS) is 21.4. The molecule has 7 heteroatoms. The molecule has 0 unspecified atom stereocenters. The fraction of sp³-hybridized carbons (Fsp3) is 0.636.